The number of hydrogen-bond acceptors (Lipinski definition) is 2. The van der Waals surface area contributed by atoms with Crippen LogP contribution in [0.2, 0.25) is 0 Å². The normalized spacial score (nSPS) is 17.8. The molecule has 0 aromatic heterocycles. The number of piperidine rings is 1. The molecule has 110 valence electrons. The van der Waals surface area contributed by atoms with E-state index in [0.717, 1.165) is 24.3 Å². The maximum atomic E-state index is 12.2. The number of amides is 1. The van der Waals surface area contributed by atoms with Crippen molar-refractivity contribution < 1.29 is 4.79 Å². The third-order valence-corrected chi connectivity index (χ3v) is 4.36. The molecule has 3 nitrogen and oxygen atoms in total. The summed E-state index contributed by atoms with van der Waals surface area (Å²) in [6.45, 7) is 8.47. The van der Waals surface area contributed by atoms with Crippen LogP contribution in [0, 0.1) is 25.7 Å². The average molecular weight is 274 g/mol. The average Bonchev–Trinajstić information content (AvgIpc) is 2.43. The Labute approximate surface area is 122 Å². The summed E-state index contributed by atoms with van der Waals surface area (Å²) >= 11 is 0. The minimum absolute atomic E-state index is 0.143. The molecule has 1 aromatic rings. The van der Waals surface area contributed by atoms with E-state index in [9.17, 15) is 4.79 Å². The lowest BCUT2D eigenvalue weighted by Gasteiger charge is -2.28. The van der Waals surface area contributed by atoms with Gasteiger partial charge in [0.2, 0.25) is 5.91 Å². The molecule has 0 bridgehead atoms. The van der Waals surface area contributed by atoms with Gasteiger partial charge in [0, 0.05) is 12.1 Å². The first-order valence-electron chi connectivity index (χ1n) is 7.64. The first-order valence-corrected chi connectivity index (χ1v) is 7.64. The predicted octanol–water partition coefficient (Wildman–Crippen LogP) is 3.27. The van der Waals surface area contributed by atoms with Gasteiger partial charge in [-0.05, 0) is 68.8 Å². The van der Waals surface area contributed by atoms with E-state index in [-0.39, 0.29) is 5.91 Å². The standard InChI is InChI=1S/C17H26N2O/c1-12-4-5-13(2)16(10-12)19-17(20)11-14(3)15-6-8-18-9-7-15/h4-5,10,14-15,18H,6-9,11H2,1-3H3,(H,19,20). The van der Waals surface area contributed by atoms with Crippen LogP contribution >= 0.6 is 0 Å². The maximum absolute atomic E-state index is 12.2. The number of carbonyl (C=O) groups excluding carboxylic acids is 1. The molecule has 3 heteroatoms. The molecule has 1 atom stereocenters. The van der Waals surface area contributed by atoms with E-state index in [1.54, 1.807) is 0 Å². The van der Waals surface area contributed by atoms with E-state index < -0.39 is 0 Å². The molecule has 1 aliphatic rings. The Morgan fingerprint density at radius 3 is 2.75 bits per heavy atom. The van der Waals surface area contributed by atoms with Crippen LogP contribution in [0.15, 0.2) is 18.2 Å². The fourth-order valence-corrected chi connectivity index (χ4v) is 2.94. The quantitative estimate of drug-likeness (QED) is 0.884. The SMILES string of the molecule is Cc1ccc(C)c(NC(=O)CC(C)C2CCNCC2)c1. The molecule has 0 aliphatic carbocycles. The third kappa shape index (κ3) is 4.07. The maximum Gasteiger partial charge on any atom is 0.224 e. The van der Waals surface area contributed by atoms with Gasteiger partial charge in [0.1, 0.15) is 0 Å². The third-order valence-electron chi connectivity index (χ3n) is 4.36. The lowest BCUT2D eigenvalue weighted by atomic mass is 9.84. The summed E-state index contributed by atoms with van der Waals surface area (Å²) in [7, 11) is 0. The van der Waals surface area contributed by atoms with Crippen molar-refractivity contribution in [3.8, 4) is 0 Å². The summed E-state index contributed by atoms with van der Waals surface area (Å²) in [6.07, 6.45) is 3.01. The number of rotatable bonds is 4. The molecule has 1 aliphatic heterocycles. The summed E-state index contributed by atoms with van der Waals surface area (Å²) in [6, 6.07) is 6.17. The van der Waals surface area contributed by atoms with Crippen LogP contribution < -0.4 is 10.6 Å². The summed E-state index contributed by atoms with van der Waals surface area (Å²) in [5.74, 6) is 1.28. The molecule has 1 unspecified atom stereocenters. The largest absolute Gasteiger partial charge is 0.326 e. The Bertz CT molecular complexity index is 464. The minimum atomic E-state index is 0.143. The molecule has 1 saturated heterocycles. The molecule has 0 spiro atoms. The highest BCUT2D eigenvalue weighted by Crippen LogP contribution is 2.25. The van der Waals surface area contributed by atoms with Gasteiger partial charge < -0.3 is 10.6 Å². The number of hydrogen-bond donors (Lipinski definition) is 2. The van der Waals surface area contributed by atoms with Crippen molar-refractivity contribution in [2.24, 2.45) is 11.8 Å². The van der Waals surface area contributed by atoms with Crippen molar-refractivity contribution in [2.75, 3.05) is 18.4 Å². The monoisotopic (exact) mass is 274 g/mol. The zero-order chi connectivity index (χ0) is 14.5. The molecule has 1 amide bonds. The second kappa shape index (κ2) is 6.89. The van der Waals surface area contributed by atoms with Gasteiger partial charge in [-0.25, -0.2) is 0 Å². The Morgan fingerprint density at radius 2 is 2.05 bits per heavy atom. The van der Waals surface area contributed by atoms with Crippen LogP contribution in [0.3, 0.4) is 0 Å². The molecular formula is C17H26N2O. The van der Waals surface area contributed by atoms with Gasteiger partial charge in [0.25, 0.3) is 0 Å². The zero-order valence-corrected chi connectivity index (χ0v) is 12.8. The van der Waals surface area contributed by atoms with Crippen molar-refractivity contribution in [3.05, 3.63) is 29.3 Å². The van der Waals surface area contributed by atoms with Crippen molar-refractivity contribution in [1.82, 2.24) is 5.32 Å². The van der Waals surface area contributed by atoms with Crippen LogP contribution in [-0.4, -0.2) is 19.0 Å². The highest BCUT2D eigenvalue weighted by molar-refractivity contribution is 5.91. The fraction of sp³-hybridized carbons (Fsp3) is 0.588. The van der Waals surface area contributed by atoms with E-state index in [4.69, 9.17) is 0 Å². The summed E-state index contributed by atoms with van der Waals surface area (Å²) in [4.78, 5) is 12.2. The molecular weight excluding hydrogens is 248 g/mol. The van der Waals surface area contributed by atoms with Gasteiger partial charge in [-0.3, -0.25) is 4.79 Å². The van der Waals surface area contributed by atoms with Crippen LogP contribution in [0.4, 0.5) is 5.69 Å². The second-order valence-corrected chi connectivity index (χ2v) is 6.14. The fourth-order valence-electron chi connectivity index (χ4n) is 2.94. The van der Waals surface area contributed by atoms with Crippen LogP contribution in [0.1, 0.15) is 37.3 Å². The second-order valence-electron chi connectivity index (χ2n) is 6.14. The first-order chi connectivity index (χ1) is 9.56. The van der Waals surface area contributed by atoms with Crippen LogP contribution in [0.25, 0.3) is 0 Å². The number of anilines is 1. The number of benzene rings is 1. The molecule has 1 heterocycles. The van der Waals surface area contributed by atoms with Gasteiger partial charge in [0.05, 0.1) is 0 Å². The molecule has 20 heavy (non-hydrogen) atoms. The minimum Gasteiger partial charge on any atom is -0.326 e. The predicted molar refractivity (Wildman–Crippen MR) is 83.9 cm³/mol. The number of aryl methyl sites for hydroxylation is 2. The molecule has 2 N–H and O–H groups in total. The molecule has 1 fully saturated rings. The Balaban J connectivity index is 1.89. The molecule has 2 rings (SSSR count). The molecule has 0 radical (unpaired) electrons. The van der Waals surface area contributed by atoms with E-state index in [0.29, 0.717) is 18.3 Å². The van der Waals surface area contributed by atoms with Crippen molar-refractivity contribution >= 4 is 11.6 Å². The van der Waals surface area contributed by atoms with E-state index in [2.05, 4.69) is 29.7 Å². The summed E-state index contributed by atoms with van der Waals surface area (Å²) in [5, 5.41) is 6.44. The van der Waals surface area contributed by atoms with E-state index >= 15 is 0 Å². The van der Waals surface area contributed by atoms with Crippen LogP contribution in [0.5, 0.6) is 0 Å². The molecule has 0 saturated carbocycles. The van der Waals surface area contributed by atoms with E-state index in [1.165, 1.54) is 18.4 Å². The highest BCUT2D eigenvalue weighted by Gasteiger charge is 2.22. The van der Waals surface area contributed by atoms with Gasteiger partial charge in [-0.15, -0.1) is 0 Å². The first kappa shape index (κ1) is 15.0. The highest BCUT2D eigenvalue weighted by atomic mass is 16.1. The molecule has 1 aromatic carbocycles. The smallest absolute Gasteiger partial charge is 0.224 e. The summed E-state index contributed by atoms with van der Waals surface area (Å²) < 4.78 is 0. The van der Waals surface area contributed by atoms with Gasteiger partial charge in [-0.2, -0.15) is 0 Å². The number of nitrogens with one attached hydrogen (secondary N) is 2. The Morgan fingerprint density at radius 1 is 1.35 bits per heavy atom. The Kier molecular flexibility index (Phi) is 5.18. The van der Waals surface area contributed by atoms with Gasteiger partial charge in [-0.1, -0.05) is 19.1 Å². The lowest BCUT2D eigenvalue weighted by Crippen LogP contribution is -2.32. The van der Waals surface area contributed by atoms with Crippen molar-refractivity contribution in [2.45, 2.75) is 40.0 Å². The van der Waals surface area contributed by atoms with Crippen molar-refractivity contribution in [1.29, 1.82) is 0 Å². The summed E-state index contributed by atoms with van der Waals surface area (Å²) in [5.41, 5.74) is 3.25. The van der Waals surface area contributed by atoms with E-state index in [1.807, 2.05) is 19.9 Å². The van der Waals surface area contributed by atoms with Crippen LogP contribution in [-0.2, 0) is 4.79 Å². The van der Waals surface area contributed by atoms with Gasteiger partial charge >= 0.3 is 0 Å². The lowest BCUT2D eigenvalue weighted by molar-refractivity contribution is -0.117. The number of carbonyl (C=O) groups is 1. The Hall–Kier alpha value is -1.35. The zero-order valence-electron chi connectivity index (χ0n) is 12.8. The van der Waals surface area contributed by atoms with Gasteiger partial charge in [0.15, 0.2) is 0 Å². The van der Waals surface area contributed by atoms with Crippen molar-refractivity contribution in [3.63, 3.8) is 0 Å². The topological polar surface area (TPSA) is 41.1 Å².